The highest BCUT2D eigenvalue weighted by atomic mass is 28.3. The minimum Gasteiger partial charge on any atom is -0.458 e. The van der Waals surface area contributed by atoms with Crippen molar-refractivity contribution < 1.29 is 9.47 Å². The van der Waals surface area contributed by atoms with E-state index in [-0.39, 0.29) is 0 Å². The van der Waals surface area contributed by atoms with Crippen LogP contribution in [0.4, 0.5) is 17.1 Å². The first-order valence-electron chi connectivity index (χ1n) is 20.3. The molecule has 5 heteroatoms. The second-order valence-corrected chi connectivity index (χ2v) is 22.9. The lowest BCUT2D eigenvalue weighted by atomic mass is 10.0. The molecule has 3 aliphatic heterocycles. The molecule has 0 fully saturated rings. The van der Waals surface area contributed by atoms with E-state index in [4.69, 9.17) is 9.47 Å². The molecule has 0 atom stereocenters. The predicted octanol–water partition coefficient (Wildman–Crippen LogP) is 8.10. The SMILES string of the molecule is c1ccc([Si]2(c3ccccc3)c3ccccc3[Si]3(c4ccccc4Oc4ccccc43)c3cc(-c4ccc(N5c6ccccc6Oc6ccccc65)cc4)ccc32)cc1. The molecule has 59 heavy (non-hydrogen) atoms. The third-order valence-corrected chi connectivity index (χ3v) is 23.0. The van der Waals surface area contributed by atoms with E-state index in [1.807, 2.05) is 24.3 Å². The Bertz CT molecular complexity index is 2940. The lowest BCUT2D eigenvalue weighted by Crippen LogP contribution is -2.93. The fraction of sp³-hybridized carbons (Fsp3) is 0. The van der Waals surface area contributed by atoms with E-state index in [0.29, 0.717) is 0 Å². The van der Waals surface area contributed by atoms with Crippen molar-refractivity contribution in [3.8, 4) is 34.1 Å². The zero-order valence-electron chi connectivity index (χ0n) is 32.1. The third kappa shape index (κ3) is 4.80. The van der Waals surface area contributed by atoms with Crippen molar-refractivity contribution in [2.75, 3.05) is 4.90 Å². The lowest BCUT2D eigenvalue weighted by molar-refractivity contribution is 0.477. The quantitative estimate of drug-likeness (QED) is 0.169. The fourth-order valence-corrected chi connectivity index (χ4v) is 22.6. The van der Waals surface area contributed by atoms with Crippen LogP contribution < -0.4 is 55.9 Å². The predicted molar refractivity (Wildman–Crippen MR) is 247 cm³/mol. The highest BCUT2D eigenvalue weighted by molar-refractivity contribution is 7.33. The summed E-state index contributed by atoms with van der Waals surface area (Å²) in [6.45, 7) is 0. The van der Waals surface area contributed by atoms with Crippen molar-refractivity contribution in [3.05, 3.63) is 224 Å². The number of para-hydroxylation sites is 6. The van der Waals surface area contributed by atoms with E-state index in [0.717, 1.165) is 40.1 Å². The third-order valence-electron chi connectivity index (χ3n) is 12.7. The first-order valence-corrected chi connectivity index (χ1v) is 24.3. The van der Waals surface area contributed by atoms with Crippen LogP contribution in [0.2, 0.25) is 0 Å². The summed E-state index contributed by atoms with van der Waals surface area (Å²) in [5.41, 5.74) is 5.52. The monoisotopic (exact) mass is 787 g/mol. The maximum Gasteiger partial charge on any atom is 0.188 e. The lowest BCUT2D eigenvalue weighted by Gasteiger charge is -2.50. The van der Waals surface area contributed by atoms with Crippen molar-refractivity contribution in [3.63, 3.8) is 0 Å². The molecule has 9 aromatic rings. The zero-order valence-corrected chi connectivity index (χ0v) is 34.1. The first-order chi connectivity index (χ1) is 29.3. The van der Waals surface area contributed by atoms with Gasteiger partial charge in [-0.1, -0.05) is 176 Å². The van der Waals surface area contributed by atoms with Crippen LogP contribution in [0.1, 0.15) is 0 Å². The number of nitrogens with zero attached hydrogens (tertiary/aromatic N) is 1. The zero-order chi connectivity index (χ0) is 39.0. The van der Waals surface area contributed by atoms with Gasteiger partial charge in [0.1, 0.15) is 11.5 Å². The Morgan fingerprint density at radius 1 is 0.288 bits per heavy atom. The van der Waals surface area contributed by atoms with Gasteiger partial charge in [-0.15, -0.1) is 0 Å². The summed E-state index contributed by atoms with van der Waals surface area (Å²) in [6, 6.07) is 82.8. The Balaban J connectivity index is 1.14. The molecule has 0 saturated carbocycles. The van der Waals surface area contributed by atoms with Gasteiger partial charge in [-0.2, -0.15) is 0 Å². The molecule has 3 heterocycles. The van der Waals surface area contributed by atoms with Gasteiger partial charge in [0, 0.05) is 5.69 Å². The number of hydrogen-bond acceptors (Lipinski definition) is 3. The number of anilines is 3. The van der Waals surface area contributed by atoms with E-state index in [2.05, 4.69) is 205 Å². The van der Waals surface area contributed by atoms with Crippen LogP contribution in [-0.2, 0) is 0 Å². The van der Waals surface area contributed by atoms with E-state index in [1.54, 1.807) is 0 Å². The van der Waals surface area contributed by atoms with E-state index in [9.17, 15) is 0 Å². The molecule has 3 nitrogen and oxygen atoms in total. The van der Waals surface area contributed by atoms with Gasteiger partial charge in [0.2, 0.25) is 0 Å². The van der Waals surface area contributed by atoms with Crippen LogP contribution in [0.5, 0.6) is 23.0 Å². The Morgan fingerprint density at radius 2 is 0.695 bits per heavy atom. The van der Waals surface area contributed by atoms with Gasteiger partial charge in [0.25, 0.3) is 0 Å². The van der Waals surface area contributed by atoms with Crippen molar-refractivity contribution in [2.45, 2.75) is 0 Å². The molecule has 0 bridgehead atoms. The van der Waals surface area contributed by atoms with Gasteiger partial charge in [0.15, 0.2) is 27.6 Å². The molecule has 0 aliphatic carbocycles. The molecule has 0 radical (unpaired) electrons. The highest BCUT2D eigenvalue weighted by Crippen LogP contribution is 2.50. The fourth-order valence-electron chi connectivity index (χ4n) is 10.3. The number of rotatable bonds is 4. The van der Waals surface area contributed by atoms with Gasteiger partial charge < -0.3 is 14.4 Å². The molecule has 12 rings (SSSR count). The normalized spacial score (nSPS) is 14.6. The van der Waals surface area contributed by atoms with Crippen LogP contribution in [0.25, 0.3) is 11.1 Å². The van der Waals surface area contributed by atoms with Crippen LogP contribution in [0.3, 0.4) is 0 Å². The highest BCUT2D eigenvalue weighted by Gasteiger charge is 2.59. The summed E-state index contributed by atoms with van der Waals surface area (Å²) in [7, 11) is -5.88. The van der Waals surface area contributed by atoms with Gasteiger partial charge in [-0.25, -0.2) is 0 Å². The molecule has 0 saturated heterocycles. The topological polar surface area (TPSA) is 21.7 Å². The summed E-state index contributed by atoms with van der Waals surface area (Å²) < 4.78 is 13.2. The average Bonchev–Trinajstić information content (AvgIpc) is 3.31. The summed E-state index contributed by atoms with van der Waals surface area (Å²) >= 11 is 0. The maximum absolute atomic E-state index is 6.82. The van der Waals surface area contributed by atoms with Gasteiger partial charge in [0.05, 0.1) is 11.4 Å². The van der Waals surface area contributed by atoms with Crippen molar-refractivity contribution in [1.29, 1.82) is 0 Å². The van der Waals surface area contributed by atoms with Crippen LogP contribution >= 0.6 is 0 Å². The number of hydrogen-bond donors (Lipinski definition) is 0. The summed E-state index contributed by atoms with van der Waals surface area (Å²) in [5.74, 6) is 3.60. The summed E-state index contributed by atoms with van der Waals surface area (Å²) in [6.07, 6.45) is 0. The Hall–Kier alpha value is -7.19. The molecule has 3 aliphatic rings. The minimum absolute atomic E-state index is 0.849. The van der Waals surface area contributed by atoms with Crippen LogP contribution in [0.15, 0.2) is 224 Å². The van der Waals surface area contributed by atoms with Crippen LogP contribution in [0, 0.1) is 0 Å². The first kappa shape index (κ1) is 33.9. The van der Waals surface area contributed by atoms with Gasteiger partial charge >= 0.3 is 0 Å². The Morgan fingerprint density at radius 3 is 1.25 bits per heavy atom. The number of benzene rings is 9. The Labute approximate surface area is 346 Å². The van der Waals surface area contributed by atoms with Crippen LogP contribution in [-0.4, -0.2) is 16.1 Å². The van der Waals surface area contributed by atoms with E-state index >= 15 is 0 Å². The summed E-state index contributed by atoms with van der Waals surface area (Å²) in [5, 5.41) is 11.2. The Kier molecular flexibility index (Phi) is 7.57. The molecule has 0 N–H and O–H groups in total. The standard InChI is InChI=1S/C54H37NO2Si2/c1-3-17-41(18-4-1)58(42-19-5-2-6-20-42)51-29-15-16-30-52(51)59(49-27-13-11-25-47(49)57-48-26-12-14-28-50(48)59)54-37-39(33-36-53(54)58)38-31-34-40(35-32-38)55-43-21-7-9-23-45(43)56-46-24-10-8-22-44(46)55/h1-37H. The molecule has 9 aromatic carbocycles. The van der Waals surface area contributed by atoms with Crippen molar-refractivity contribution >= 4 is 74.7 Å². The molecule has 278 valence electrons. The van der Waals surface area contributed by atoms with E-state index < -0.39 is 16.1 Å². The molecular weight excluding hydrogens is 751 g/mol. The van der Waals surface area contributed by atoms with E-state index in [1.165, 1.54) is 52.6 Å². The molecular formula is C54H37NO2Si2. The average molecular weight is 788 g/mol. The second-order valence-electron chi connectivity index (χ2n) is 15.6. The minimum atomic E-state index is -3.00. The molecule has 0 aromatic heterocycles. The molecule has 0 amide bonds. The molecule has 1 spiro atoms. The number of fused-ring (bicyclic) bond motifs is 10. The van der Waals surface area contributed by atoms with Gasteiger partial charge in [-0.05, 0) is 101 Å². The van der Waals surface area contributed by atoms with Gasteiger partial charge in [-0.3, -0.25) is 0 Å². The number of ether oxygens (including phenoxy) is 2. The largest absolute Gasteiger partial charge is 0.458 e. The summed E-state index contributed by atoms with van der Waals surface area (Å²) in [4.78, 5) is 2.30. The molecule has 0 unspecified atom stereocenters. The smallest absolute Gasteiger partial charge is 0.188 e. The van der Waals surface area contributed by atoms with Crippen molar-refractivity contribution in [1.82, 2.24) is 0 Å². The maximum atomic E-state index is 6.82. The second kappa shape index (κ2) is 13.2. The van der Waals surface area contributed by atoms with Crippen molar-refractivity contribution in [2.24, 2.45) is 0 Å².